The number of phenols is 2. The second-order valence-electron chi connectivity index (χ2n) is 22.1. The van der Waals surface area contributed by atoms with Gasteiger partial charge in [0.25, 0.3) is 0 Å². The fourth-order valence-corrected chi connectivity index (χ4v) is 10.3. The number of benzene rings is 2. The number of primary amides is 2. The van der Waals surface area contributed by atoms with Crippen molar-refractivity contribution < 1.29 is 58.2 Å². The van der Waals surface area contributed by atoms with E-state index in [4.69, 9.17) is 11.5 Å². The lowest BCUT2D eigenvalue weighted by molar-refractivity contribution is -0.129. The van der Waals surface area contributed by atoms with Gasteiger partial charge in [-0.2, -0.15) is 25.3 Å². The van der Waals surface area contributed by atoms with E-state index in [0.717, 1.165) is 0 Å². The number of hydrogen-bond acceptors (Lipinski definition) is 20. The number of thiol groups is 2. The number of nitrogens with two attached hydrogens (primary N) is 2. The molecule has 2 aliphatic rings. The van der Waals surface area contributed by atoms with E-state index in [0.29, 0.717) is 115 Å². The van der Waals surface area contributed by atoms with Crippen molar-refractivity contribution in [2.24, 2.45) is 11.5 Å². The molecule has 2 heterocycles. The summed E-state index contributed by atoms with van der Waals surface area (Å²) < 4.78 is 0. The normalized spacial score (nSPS) is 18.6. The molecule has 20 N–H and O–H groups in total. The molecule has 2 aromatic carbocycles. The van der Waals surface area contributed by atoms with Crippen molar-refractivity contribution in [3.8, 4) is 11.5 Å². The van der Waals surface area contributed by atoms with Gasteiger partial charge in [0.05, 0.1) is 0 Å². The fourth-order valence-electron chi connectivity index (χ4n) is 9.76. The molecule has 88 heavy (non-hydrogen) atoms. The number of aromatic hydroxyl groups is 2. The van der Waals surface area contributed by atoms with Crippen molar-refractivity contribution in [2.75, 3.05) is 90.0 Å². The van der Waals surface area contributed by atoms with E-state index < -0.39 is 70.9 Å². The molecule has 2 aliphatic heterocycles. The number of unbranched alkanes of at least 4 members (excludes halogenated alkanes) is 4. The molecule has 4 unspecified atom stereocenters. The van der Waals surface area contributed by atoms with Gasteiger partial charge in [-0.1, -0.05) is 37.1 Å². The Morgan fingerprint density at radius 2 is 0.727 bits per heavy atom. The molecule has 2 bridgehead atoms. The molecule has 10 amide bonds. The Kier molecular flexibility index (Phi) is 34.1. The standard InChI is InChI=1S/C58H94N16O12S2/c59-53(83)45(33-87)71-47(77)9-3-1-5-23-65-55(85)43(31-39-15-19-41(75)20-16-39)69-49(79)11-7-13-51(81)73-57-35-61-25-27-63-37-58(68-30-29-67-57,38-64-28-26-62-36-57)74-52(82)14-8-12-50(80)70-44(32-40-17-21-42(76)22-18-40)56(86)66-24-6-2-4-10-48(78)72-46(34-88)54(60)84/h15-22,43-46,61-64,67-68,75-76,87-88H,1-14,23-38H2,(H2,59,83)(H2,60,84)(H,65,85)(H,66,86)(H,69,79)(H,70,80)(H,71,77)(H,72,78)(H,73,81)(H,74,82)/t43?,44?,45?,46?,57-,58+. The lowest BCUT2D eigenvalue weighted by Crippen LogP contribution is -2.73. The van der Waals surface area contributed by atoms with Crippen molar-refractivity contribution in [3.63, 3.8) is 0 Å². The Balaban J connectivity index is 1.26. The zero-order chi connectivity index (χ0) is 64.2. The van der Waals surface area contributed by atoms with E-state index in [-0.39, 0.29) is 124 Å². The monoisotopic (exact) mass is 1270 g/mol. The average Bonchev–Trinajstić information content (AvgIpc) is 3.31. The van der Waals surface area contributed by atoms with Crippen molar-refractivity contribution >= 4 is 84.3 Å². The molecule has 2 saturated heterocycles. The molecule has 490 valence electrons. The summed E-state index contributed by atoms with van der Waals surface area (Å²) in [5.41, 5.74) is 10.0. The summed E-state index contributed by atoms with van der Waals surface area (Å²) >= 11 is 8.07. The molecule has 0 radical (unpaired) electrons. The number of rotatable bonds is 36. The third-order valence-corrected chi connectivity index (χ3v) is 15.4. The van der Waals surface area contributed by atoms with Crippen molar-refractivity contribution in [3.05, 3.63) is 59.7 Å². The molecule has 30 heteroatoms. The summed E-state index contributed by atoms with van der Waals surface area (Å²) in [4.78, 5) is 128. The third-order valence-electron chi connectivity index (χ3n) is 14.6. The maximum atomic E-state index is 13.8. The van der Waals surface area contributed by atoms with Gasteiger partial charge >= 0.3 is 0 Å². The molecule has 28 nitrogen and oxygen atoms in total. The van der Waals surface area contributed by atoms with Crippen LogP contribution in [-0.4, -0.2) is 195 Å². The van der Waals surface area contributed by atoms with Crippen LogP contribution in [0.2, 0.25) is 0 Å². The minimum Gasteiger partial charge on any atom is -0.508 e. The summed E-state index contributed by atoms with van der Waals surface area (Å²) in [6, 6.07) is 8.97. The van der Waals surface area contributed by atoms with E-state index in [2.05, 4.69) is 99.7 Å². The van der Waals surface area contributed by atoms with Crippen molar-refractivity contribution in [1.29, 1.82) is 0 Å². The SMILES string of the molecule is NC(=O)C(CS)NC(=O)CCCCCNC(=O)C(Cc1ccc(O)cc1)NC(=O)CCCC(=O)N[C@]12CNCCNC[C@](NC(=O)CCCC(=O)NC(Cc3ccc(O)cc3)C(=O)NCCCCCC(=O)NC(CS)C(N)=O)(CNCCNC1)NCCN2. The molecule has 4 atom stereocenters. The number of fused-ring (bicyclic) bond motifs is 5. The lowest BCUT2D eigenvalue weighted by atomic mass is 10.0. The van der Waals surface area contributed by atoms with Crippen molar-refractivity contribution in [2.45, 2.75) is 138 Å². The number of carbonyl (C=O) groups is 10. The van der Waals surface area contributed by atoms with Crippen LogP contribution in [0, 0.1) is 0 Å². The Morgan fingerprint density at radius 1 is 0.420 bits per heavy atom. The molecule has 2 aromatic rings. The Bertz CT molecular complexity index is 2370. The van der Waals surface area contributed by atoms with Gasteiger partial charge in [-0.05, 0) is 73.9 Å². The molecule has 0 saturated carbocycles. The summed E-state index contributed by atoms with van der Waals surface area (Å²) in [6.07, 6.45) is 4.20. The van der Waals surface area contributed by atoms with Crippen LogP contribution >= 0.6 is 25.3 Å². The topological polar surface area (TPSA) is 432 Å². The second kappa shape index (κ2) is 40.7. The van der Waals surface area contributed by atoms with Gasteiger partial charge in [0.2, 0.25) is 59.1 Å². The zero-order valence-electron chi connectivity index (χ0n) is 50.2. The van der Waals surface area contributed by atoms with Gasteiger partial charge in [-0.25, -0.2) is 0 Å². The number of hydrogen-bond donors (Lipinski definition) is 20. The number of phenolic OH excluding ortho intramolecular Hbond substituents is 2. The van der Waals surface area contributed by atoms with E-state index in [1.54, 1.807) is 24.3 Å². The Labute approximate surface area is 525 Å². The molecule has 0 spiro atoms. The number of amides is 10. The predicted octanol–water partition coefficient (Wildman–Crippen LogP) is -3.46. The van der Waals surface area contributed by atoms with E-state index >= 15 is 0 Å². The second-order valence-corrected chi connectivity index (χ2v) is 22.9. The van der Waals surface area contributed by atoms with Gasteiger partial charge in [0, 0.05) is 141 Å². The predicted molar refractivity (Wildman–Crippen MR) is 337 cm³/mol. The molecular formula is C58H94N16O12S2. The summed E-state index contributed by atoms with van der Waals surface area (Å²) in [7, 11) is 0. The summed E-state index contributed by atoms with van der Waals surface area (Å²) in [6.45, 7) is 4.68. The Hall–Kier alpha value is -6.80. The zero-order valence-corrected chi connectivity index (χ0v) is 52.0. The number of nitrogens with one attached hydrogen (secondary N) is 14. The van der Waals surface area contributed by atoms with E-state index in [1.807, 2.05) is 0 Å². The molecule has 2 fully saturated rings. The highest BCUT2D eigenvalue weighted by Crippen LogP contribution is 2.15. The molecule has 4 rings (SSSR count). The smallest absolute Gasteiger partial charge is 0.242 e. The lowest BCUT2D eigenvalue weighted by Gasteiger charge is -2.41. The maximum absolute atomic E-state index is 13.8. The van der Waals surface area contributed by atoms with Crippen LogP contribution in [0.3, 0.4) is 0 Å². The molecular weight excluding hydrogens is 1180 g/mol. The van der Waals surface area contributed by atoms with Crippen LogP contribution in [0.1, 0.15) is 101 Å². The van der Waals surface area contributed by atoms with E-state index in [1.165, 1.54) is 24.3 Å². The average molecular weight is 1270 g/mol. The highest BCUT2D eigenvalue weighted by atomic mass is 32.1. The third kappa shape index (κ3) is 29.5. The number of carbonyl (C=O) groups excluding carboxylic acids is 10. The van der Waals surface area contributed by atoms with Gasteiger partial charge in [0.15, 0.2) is 0 Å². The molecule has 0 aliphatic carbocycles. The van der Waals surface area contributed by atoms with Crippen molar-refractivity contribution in [1.82, 2.24) is 74.4 Å². The highest BCUT2D eigenvalue weighted by molar-refractivity contribution is 7.80. The van der Waals surface area contributed by atoms with Crippen LogP contribution in [0.25, 0.3) is 0 Å². The van der Waals surface area contributed by atoms with Crippen LogP contribution in [0.5, 0.6) is 11.5 Å². The van der Waals surface area contributed by atoms with Crippen LogP contribution in [0.15, 0.2) is 48.5 Å². The van der Waals surface area contributed by atoms with E-state index in [9.17, 15) is 58.2 Å². The minimum absolute atomic E-state index is 0.00180. The fraction of sp³-hybridized carbons (Fsp3) is 0.621. The first kappa shape index (κ1) is 73.7. The minimum atomic E-state index is -0.969. The summed E-state index contributed by atoms with van der Waals surface area (Å²) in [5.74, 6) is -4.03. The maximum Gasteiger partial charge on any atom is 0.242 e. The summed E-state index contributed by atoms with van der Waals surface area (Å²) in [5, 5.41) is 63.2. The Morgan fingerprint density at radius 3 is 1.05 bits per heavy atom. The highest BCUT2D eigenvalue weighted by Gasteiger charge is 2.35. The molecule has 0 aromatic heterocycles. The van der Waals surface area contributed by atoms with Gasteiger partial charge in [-0.3, -0.25) is 58.6 Å². The van der Waals surface area contributed by atoms with Crippen LogP contribution in [-0.2, 0) is 60.8 Å². The van der Waals surface area contributed by atoms with Gasteiger partial charge in [0.1, 0.15) is 47.0 Å². The first-order chi connectivity index (χ1) is 42.2. The first-order valence-electron chi connectivity index (χ1n) is 30.3. The quantitative estimate of drug-likeness (QED) is 0.0233. The van der Waals surface area contributed by atoms with Crippen LogP contribution in [0.4, 0.5) is 0 Å². The van der Waals surface area contributed by atoms with Gasteiger partial charge < -0.3 is 85.5 Å². The first-order valence-corrected chi connectivity index (χ1v) is 31.5. The largest absolute Gasteiger partial charge is 0.508 e. The van der Waals surface area contributed by atoms with Gasteiger partial charge in [-0.15, -0.1) is 0 Å². The van der Waals surface area contributed by atoms with Crippen LogP contribution < -0.4 is 85.9 Å².